The summed E-state index contributed by atoms with van der Waals surface area (Å²) in [7, 11) is 0. The summed E-state index contributed by atoms with van der Waals surface area (Å²) in [5.74, 6) is 0. The van der Waals surface area contributed by atoms with Crippen molar-refractivity contribution >= 4 is 74.9 Å². The van der Waals surface area contributed by atoms with Crippen molar-refractivity contribution in [3.05, 3.63) is 211 Å². The van der Waals surface area contributed by atoms with Gasteiger partial charge in [-0.3, -0.25) is 0 Å². The summed E-state index contributed by atoms with van der Waals surface area (Å²) in [6.07, 6.45) is 1.11. The monoisotopic (exact) mass is 779 g/mol. The van der Waals surface area contributed by atoms with Crippen LogP contribution in [0, 0.1) is 6.92 Å². The zero-order valence-corrected chi connectivity index (χ0v) is 33.9. The Morgan fingerprint density at radius 2 is 1.05 bits per heavy atom. The van der Waals surface area contributed by atoms with Crippen molar-refractivity contribution in [2.45, 2.75) is 13.3 Å². The molecule has 14 rings (SSSR count). The molecule has 1 nitrogen and oxygen atoms in total. The van der Waals surface area contributed by atoms with Crippen LogP contribution >= 0.6 is 11.3 Å². The van der Waals surface area contributed by atoms with Crippen LogP contribution < -0.4 is 0 Å². The van der Waals surface area contributed by atoms with Crippen LogP contribution in [0.25, 0.3) is 114 Å². The Kier molecular flexibility index (Phi) is 7.23. The maximum atomic E-state index is 2.46. The van der Waals surface area contributed by atoms with Crippen molar-refractivity contribution in [3.63, 3.8) is 0 Å². The fraction of sp³-hybridized carbons (Fsp3) is 0.0345. The molecule has 2 aromatic heterocycles. The zero-order chi connectivity index (χ0) is 39.5. The number of para-hydroxylation sites is 1. The van der Waals surface area contributed by atoms with E-state index < -0.39 is 0 Å². The third kappa shape index (κ3) is 4.92. The number of hydrogen-bond donors (Lipinski definition) is 0. The molecule has 0 amide bonds. The van der Waals surface area contributed by atoms with Gasteiger partial charge in [0.2, 0.25) is 0 Å². The number of aromatic nitrogens is 1. The lowest BCUT2D eigenvalue weighted by Gasteiger charge is -2.13. The average Bonchev–Trinajstić information content (AvgIpc) is 4.04. The van der Waals surface area contributed by atoms with Crippen LogP contribution in [0.3, 0.4) is 0 Å². The smallest absolute Gasteiger partial charge is 0.0547 e. The first-order valence-electron chi connectivity index (χ1n) is 20.9. The molecule has 60 heavy (non-hydrogen) atoms. The highest BCUT2D eigenvalue weighted by Gasteiger charge is 2.23. The van der Waals surface area contributed by atoms with Gasteiger partial charge in [-0.1, -0.05) is 146 Å². The lowest BCUT2D eigenvalue weighted by molar-refractivity contribution is 1.18. The SMILES string of the molecule is Cc1cccc2c1Cc1ccccc1-2.c1cc(-c2ccc3c4c(cccc24)-c2ccccc2-3)cc(-n2c3ccccc3c3cc4cc5c(cc4cc32)sc2ccccc25)c1. The Morgan fingerprint density at radius 3 is 1.95 bits per heavy atom. The predicted octanol–water partition coefficient (Wildman–Crippen LogP) is 16.3. The van der Waals surface area contributed by atoms with Gasteiger partial charge in [0.15, 0.2) is 0 Å². The van der Waals surface area contributed by atoms with Crippen LogP contribution in [0.1, 0.15) is 16.7 Å². The number of fused-ring (bicyclic) bond motifs is 13. The maximum Gasteiger partial charge on any atom is 0.0547 e. The quantitative estimate of drug-likeness (QED) is 0.165. The molecule has 0 saturated carbocycles. The molecule has 280 valence electrons. The summed E-state index contributed by atoms with van der Waals surface area (Å²) < 4.78 is 5.14. The number of nitrogens with zero attached hydrogens (tertiary/aromatic N) is 1. The van der Waals surface area contributed by atoms with E-state index in [9.17, 15) is 0 Å². The maximum absolute atomic E-state index is 2.46. The minimum atomic E-state index is 1.11. The first kappa shape index (κ1) is 33.7. The van der Waals surface area contributed by atoms with Gasteiger partial charge in [-0.2, -0.15) is 0 Å². The van der Waals surface area contributed by atoms with Gasteiger partial charge in [-0.05, 0) is 145 Å². The third-order valence-corrected chi connectivity index (χ3v) is 14.3. The van der Waals surface area contributed by atoms with Gasteiger partial charge in [0.05, 0.1) is 11.0 Å². The molecule has 10 aromatic carbocycles. The Balaban J connectivity index is 0.000000224. The van der Waals surface area contributed by atoms with Crippen molar-refractivity contribution in [3.8, 4) is 50.2 Å². The summed E-state index contributed by atoms with van der Waals surface area (Å²) >= 11 is 1.88. The fourth-order valence-electron chi connectivity index (χ4n) is 10.4. The second-order valence-electron chi connectivity index (χ2n) is 16.4. The van der Waals surface area contributed by atoms with Gasteiger partial charge in [-0.25, -0.2) is 0 Å². The first-order valence-corrected chi connectivity index (χ1v) is 21.7. The van der Waals surface area contributed by atoms with E-state index in [-0.39, 0.29) is 0 Å². The van der Waals surface area contributed by atoms with Crippen LogP contribution in [-0.4, -0.2) is 4.57 Å². The van der Waals surface area contributed by atoms with Crippen LogP contribution in [0.15, 0.2) is 194 Å². The Labute approximate surface area is 352 Å². The van der Waals surface area contributed by atoms with E-state index in [1.165, 1.54) is 130 Å². The number of aryl methyl sites for hydroxylation is 1. The highest BCUT2D eigenvalue weighted by atomic mass is 32.1. The Hall–Kier alpha value is -7.26. The third-order valence-electron chi connectivity index (χ3n) is 13.2. The van der Waals surface area contributed by atoms with Crippen molar-refractivity contribution < 1.29 is 0 Å². The predicted molar refractivity (Wildman–Crippen MR) is 258 cm³/mol. The Bertz CT molecular complexity index is 3740. The molecule has 0 aliphatic heterocycles. The van der Waals surface area contributed by atoms with Crippen LogP contribution in [0.2, 0.25) is 0 Å². The fourth-order valence-corrected chi connectivity index (χ4v) is 11.5. The molecule has 2 heterocycles. The standard InChI is InChI=1S/C44H25NS.C14H12/c1-2-12-32-31(11-1)36-16-8-15-35-30(19-20-37(32)44(35)36)26-9-7-10-29(21-26)45-40-17-5-3-13-33(40)38-22-27-23-39-34-14-4-6-18-42(34)46-43(39)25-28(27)24-41(38)45;1-10-5-4-8-13-12-7-3-2-6-11(12)9-14(10)13/h1-25H;2-8H,9H2,1H3. The number of rotatable bonds is 2. The summed E-state index contributed by atoms with van der Waals surface area (Å²) in [6.45, 7) is 2.20. The molecule has 12 aromatic rings. The summed E-state index contributed by atoms with van der Waals surface area (Å²) in [5.41, 5.74) is 18.7. The van der Waals surface area contributed by atoms with Crippen molar-refractivity contribution in [2.75, 3.05) is 0 Å². The first-order chi connectivity index (χ1) is 29.7. The zero-order valence-electron chi connectivity index (χ0n) is 33.0. The van der Waals surface area contributed by atoms with E-state index in [1.54, 1.807) is 0 Å². The second-order valence-corrected chi connectivity index (χ2v) is 17.5. The van der Waals surface area contributed by atoms with Gasteiger partial charge in [0.25, 0.3) is 0 Å². The Morgan fingerprint density at radius 1 is 0.400 bits per heavy atom. The van der Waals surface area contributed by atoms with Crippen LogP contribution in [0.5, 0.6) is 0 Å². The van der Waals surface area contributed by atoms with Gasteiger partial charge >= 0.3 is 0 Å². The van der Waals surface area contributed by atoms with E-state index in [0.29, 0.717) is 0 Å². The number of thiophene rings is 1. The van der Waals surface area contributed by atoms with E-state index in [0.717, 1.165) is 6.42 Å². The second kappa shape index (κ2) is 12.9. The topological polar surface area (TPSA) is 4.93 Å². The van der Waals surface area contributed by atoms with E-state index in [2.05, 4.69) is 206 Å². The van der Waals surface area contributed by atoms with E-state index in [1.807, 2.05) is 11.3 Å². The average molecular weight is 780 g/mol. The lowest BCUT2D eigenvalue weighted by atomic mass is 9.94. The molecule has 2 aliphatic carbocycles. The van der Waals surface area contributed by atoms with E-state index >= 15 is 0 Å². The largest absolute Gasteiger partial charge is 0.309 e. The van der Waals surface area contributed by atoms with E-state index in [4.69, 9.17) is 0 Å². The molecule has 0 spiro atoms. The molecular weight excluding hydrogens is 743 g/mol. The van der Waals surface area contributed by atoms with Crippen molar-refractivity contribution in [1.82, 2.24) is 4.57 Å². The highest BCUT2D eigenvalue weighted by molar-refractivity contribution is 7.25. The van der Waals surface area contributed by atoms with Crippen LogP contribution in [-0.2, 0) is 6.42 Å². The van der Waals surface area contributed by atoms with Crippen molar-refractivity contribution in [2.24, 2.45) is 0 Å². The van der Waals surface area contributed by atoms with Gasteiger partial charge in [0, 0.05) is 36.6 Å². The summed E-state index contributed by atoms with van der Waals surface area (Å²) in [6, 6.07) is 71.8. The molecule has 2 aliphatic rings. The molecule has 0 radical (unpaired) electrons. The van der Waals surface area contributed by atoms with Crippen molar-refractivity contribution in [1.29, 1.82) is 0 Å². The molecule has 0 atom stereocenters. The minimum Gasteiger partial charge on any atom is -0.309 e. The summed E-state index contributed by atoms with van der Waals surface area (Å²) in [4.78, 5) is 0. The minimum absolute atomic E-state index is 1.11. The highest BCUT2D eigenvalue weighted by Crippen LogP contribution is 2.49. The normalized spacial score (nSPS) is 12.3. The van der Waals surface area contributed by atoms with Gasteiger partial charge in [0.1, 0.15) is 0 Å². The number of hydrogen-bond acceptors (Lipinski definition) is 1. The molecule has 2 heteroatoms. The molecular formula is C58H37NS. The van der Waals surface area contributed by atoms with Crippen LogP contribution in [0.4, 0.5) is 0 Å². The molecule has 0 unspecified atom stereocenters. The summed E-state index contributed by atoms with van der Waals surface area (Å²) in [5, 5.41) is 10.5. The molecule has 0 saturated heterocycles. The molecule has 0 N–H and O–H groups in total. The molecule has 0 bridgehead atoms. The van der Waals surface area contributed by atoms with Gasteiger partial charge in [-0.15, -0.1) is 11.3 Å². The lowest BCUT2D eigenvalue weighted by Crippen LogP contribution is -1.94. The number of benzene rings is 10. The van der Waals surface area contributed by atoms with Gasteiger partial charge < -0.3 is 4.57 Å². The molecule has 0 fully saturated rings.